The van der Waals surface area contributed by atoms with E-state index in [4.69, 9.17) is 4.74 Å². The number of halogens is 1. The third-order valence-electron chi connectivity index (χ3n) is 4.41. The Morgan fingerprint density at radius 3 is 2.37 bits per heavy atom. The summed E-state index contributed by atoms with van der Waals surface area (Å²) in [5, 5.41) is 2.69. The highest BCUT2D eigenvalue weighted by atomic mass is 79.9. The maximum atomic E-state index is 12.4. The van der Waals surface area contributed by atoms with Crippen LogP contribution in [0.5, 0.6) is 5.75 Å². The molecule has 2 aromatic carbocycles. The van der Waals surface area contributed by atoms with E-state index in [0.717, 1.165) is 15.4 Å². The largest absolute Gasteiger partial charge is 0.483 e. The molecule has 0 aromatic heterocycles. The Morgan fingerprint density at radius 1 is 1.13 bits per heavy atom. The lowest BCUT2D eigenvalue weighted by Crippen LogP contribution is -2.24. The maximum absolute atomic E-state index is 12.4. The van der Waals surface area contributed by atoms with E-state index < -0.39 is 21.9 Å². The molecule has 0 radical (unpaired) electrons. The molecule has 0 atom stereocenters. The zero-order valence-corrected chi connectivity index (χ0v) is 19.7. The number of carbonyl (C=O) groups excluding carboxylic acids is 2. The molecular weight excluding hydrogens is 476 g/mol. The summed E-state index contributed by atoms with van der Waals surface area (Å²) >= 11 is 3.29. The van der Waals surface area contributed by atoms with Gasteiger partial charge in [0.2, 0.25) is 10.0 Å². The highest BCUT2D eigenvalue weighted by Gasteiger charge is 2.20. The van der Waals surface area contributed by atoms with Gasteiger partial charge in [-0.1, -0.05) is 0 Å². The second-order valence-corrected chi connectivity index (χ2v) is 9.68. The summed E-state index contributed by atoms with van der Waals surface area (Å²) in [5.74, 6) is -0.575. The zero-order valence-electron chi connectivity index (χ0n) is 17.3. The Labute approximate surface area is 184 Å². The fourth-order valence-electron chi connectivity index (χ4n) is 2.51. The fraction of sp³-hybridized carbons (Fsp3) is 0.300. The van der Waals surface area contributed by atoms with E-state index in [1.165, 1.54) is 39.4 Å². The molecule has 0 aliphatic heterocycles. The van der Waals surface area contributed by atoms with Gasteiger partial charge in [-0.15, -0.1) is 0 Å². The van der Waals surface area contributed by atoms with Crippen molar-refractivity contribution in [3.63, 3.8) is 0 Å². The number of aryl methyl sites for hydroxylation is 1. The van der Waals surface area contributed by atoms with E-state index >= 15 is 0 Å². The molecule has 162 valence electrons. The van der Waals surface area contributed by atoms with Gasteiger partial charge in [-0.25, -0.2) is 17.5 Å². The number of nitrogens with one attached hydrogen (secondary N) is 1. The molecule has 30 heavy (non-hydrogen) atoms. The van der Waals surface area contributed by atoms with Crippen molar-refractivity contribution in [2.45, 2.75) is 18.7 Å². The third-order valence-corrected chi connectivity index (χ3v) is 6.82. The minimum atomic E-state index is -3.64. The van der Waals surface area contributed by atoms with Crippen molar-refractivity contribution in [2.75, 3.05) is 33.1 Å². The summed E-state index contributed by atoms with van der Waals surface area (Å²) in [6.07, 6.45) is 0. The number of sulfonamides is 1. The average molecular weight is 499 g/mol. The third kappa shape index (κ3) is 5.38. The standard InChI is InChI=1S/C20H23BrN2O6S/c1-12-8-15(30(26,27)23(3)4)10-17(13(12)2)22-19(24)11-29-18-7-6-14(9-16(18)21)20(25)28-5/h6-10H,11H2,1-5H3,(H,22,24). The molecule has 0 fully saturated rings. The van der Waals surface area contributed by atoms with Crippen LogP contribution in [0.3, 0.4) is 0 Å². The molecular formula is C20H23BrN2O6S. The van der Waals surface area contributed by atoms with Crippen molar-refractivity contribution in [1.82, 2.24) is 4.31 Å². The summed E-state index contributed by atoms with van der Waals surface area (Å²) in [7, 11) is 0.532. The first-order valence-corrected chi connectivity index (χ1v) is 11.0. The lowest BCUT2D eigenvalue weighted by atomic mass is 10.1. The second kappa shape index (κ2) is 9.59. The molecule has 10 heteroatoms. The SMILES string of the molecule is COC(=O)c1ccc(OCC(=O)Nc2cc(S(=O)(=O)N(C)C)cc(C)c2C)c(Br)c1. The first-order valence-electron chi connectivity index (χ1n) is 8.81. The zero-order chi connectivity index (χ0) is 22.6. The highest BCUT2D eigenvalue weighted by Crippen LogP contribution is 2.27. The van der Waals surface area contributed by atoms with Gasteiger partial charge in [0.25, 0.3) is 5.91 Å². The highest BCUT2D eigenvalue weighted by molar-refractivity contribution is 9.10. The van der Waals surface area contributed by atoms with Crippen LogP contribution >= 0.6 is 15.9 Å². The van der Waals surface area contributed by atoms with Crippen LogP contribution in [0.25, 0.3) is 0 Å². The van der Waals surface area contributed by atoms with Gasteiger partial charge >= 0.3 is 5.97 Å². The lowest BCUT2D eigenvalue weighted by molar-refractivity contribution is -0.118. The number of anilines is 1. The molecule has 1 N–H and O–H groups in total. The Balaban J connectivity index is 2.15. The maximum Gasteiger partial charge on any atom is 0.337 e. The predicted octanol–water partition coefficient (Wildman–Crippen LogP) is 3.12. The van der Waals surface area contributed by atoms with Gasteiger partial charge in [0.05, 0.1) is 22.0 Å². The quantitative estimate of drug-likeness (QED) is 0.588. The number of ether oxygens (including phenoxy) is 2. The van der Waals surface area contributed by atoms with E-state index in [9.17, 15) is 18.0 Å². The van der Waals surface area contributed by atoms with E-state index in [2.05, 4.69) is 26.0 Å². The van der Waals surface area contributed by atoms with E-state index in [1.807, 2.05) is 0 Å². The van der Waals surface area contributed by atoms with Crippen LogP contribution < -0.4 is 10.1 Å². The van der Waals surface area contributed by atoms with E-state index in [-0.39, 0.29) is 11.5 Å². The Kier molecular flexibility index (Phi) is 7.62. The normalized spacial score (nSPS) is 11.3. The summed E-state index contributed by atoms with van der Waals surface area (Å²) < 4.78 is 36.6. The van der Waals surface area contributed by atoms with Crippen LogP contribution in [0.1, 0.15) is 21.5 Å². The number of esters is 1. The van der Waals surface area contributed by atoms with Crippen LogP contribution in [0, 0.1) is 13.8 Å². The van der Waals surface area contributed by atoms with Gasteiger partial charge in [0.15, 0.2) is 6.61 Å². The predicted molar refractivity (Wildman–Crippen MR) is 116 cm³/mol. The van der Waals surface area contributed by atoms with E-state index in [1.54, 1.807) is 26.0 Å². The number of hydrogen-bond donors (Lipinski definition) is 1. The van der Waals surface area contributed by atoms with Crippen molar-refractivity contribution in [2.24, 2.45) is 0 Å². The first kappa shape index (κ1) is 23.8. The van der Waals surface area contributed by atoms with Gasteiger partial charge < -0.3 is 14.8 Å². The summed E-state index contributed by atoms with van der Waals surface area (Å²) in [4.78, 5) is 24.0. The number of rotatable bonds is 7. The molecule has 0 saturated carbocycles. The Morgan fingerprint density at radius 2 is 1.80 bits per heavy atom. The Hall–Kier alpha value is -2.43. The van der Waals surface area contributed by atoms with Crippen molar-refractivity contribution >= 4 is 43.5 Å². The molecule has 1 amide bonds. The van der Waals surface area contributed by atoms with Gasteiger partial charge in [-0.05, 0) is 71.2 Å². The number of nitrogens with zero attached hydrogens (tertiary/aromatic N) is 1. The van der Waals surface area contributed by atoms with E-state index in [0.29, 0.717) is 21.5 Å². The minimum absolute atomic E-state index is 0.0907. The topological polar surface area (TPSA) is 102 Å². The molecule has 0 spiro atoms. The lowest BCUT2D eigenvalue weighted by Gasteiger charge is -2.16. The molecule has 8 nitrogen and oxygen atoms in total. The molecule has 0 aliphatic carbocycles. The van der Waals surface area contributed by atoms with Crippen LogP contribution in [-0.4, -0.2) is 52.4 Å². The van der Waals surface area contributed by atoms with Gasteiger partial charge in [-0.3, -0.25) is 4.79 Å². The smallest absolute Gasteiger partial charge is 0.337 e. The number of hydrogen-bond acceptors (Lipinski definition) is 6. The molecule has 2 rings (SSSR count). The van der Waals surface area contributed by atoms with Crippen molar-refractivity contribution in [3.8, 4) is 5.75 Å². The molecule has 0 unspecified atom stereocenters. The monoisotopic (exact) mass is 498 g/mol. The summed E-state index contributed by atoms with van der Waals surface area (Å²) in [6, 6.07) is 7.59. The molecule has 0 saturated heterocycles. The average Bonchev–Trinajstić information content (AvgIpc) is 2.69. The molecule has 0 aliphatic rings. The summed E-state index contributed by atoms with van der Waals surface area (Å²) in [5.41, 5.74) is 2.22. The van der Waals surface area contributed by atoms with Gasteiger partial charge in [-0.2, -0.15) is 0 Å². The van der Waals surface area contributed by atoms with Crippen LogP contribution in [0.4, 0.5) is 5.69 Å². The minimum Gasteiger partial charge on any atom is -0.483 e. The molecule has 0 bridgehead atoms. The van der Waals surface area contributed by atoms with Gasteiger partial charge in [0.1, 0.15) is 5.75 Å². The van der Waals surface area contributed by atoms with Gasteiger partial charge in [0, 0.05) is 19.8 Å². The summed E-state index contributed by atoms with van der Waals surface area (Å²) in [6.45, 7) is 3.26. The number of benzene rings is 2. The molecule has 0 heterocycles. The number of carbonyl (C=O) groups is 2. The van der Waals surface area contributed by atoms with Crippen LogP contribution in [0.2, 0.25) is 0 Å². The van der Waals surface area contributed by atoms with Crippen molar-refractivity contribution in [3.05, 3.63) is 51.5 Å². The van der Waals surface area contributed by atoms with Crippen LogP contribution in [0.15, 0.2) is 39.7 Å². The molecule has 2 aromatic rings. The first-order chi connectivity index (χ1) is 14.0. The van der Waals surface area contributed by atoms with Crippen LogP contribution in [-0.2, 0) is 19.6 Å². The van der Waals surface area contributed by atoms with Crippen molar-refractivity contribution < 1.29 is 27.5 Å². The Bertz CT molecular complexity index is 1080. The second-order valence-electron chi connectivity index (χ2n) is 6.67. The fourth-order valence-corrected chi connectivity index (χ4v) is 4.02. The number of methoxy groups -OCH3 is 1. The van der Waals surface area contributed by atoms with Crippen molar-refractivity contribution in [1.29, 1.82) is 0 Å². The number of amides is 1.